The van der Waals surface area contributed by atoms with E-state index in [4.69, 9.17) is 14.2 Å². The Morgan fingerprint density at radius 3 is 2.54 bits per heavy atom. The topological polar surface area (TPSA) is 99.5 Å². The van der Waals surface area contributed by atoms with E-state index in [1.54, 1.807) is 49.4 Å². The summed E-state index contributed by atoms with van der Waals surface area (Å²) in [4.78, 5) is 17.1. The van der Waals surface area contributed by atoms with E-state index in [1.807, 2.05) is 0 Å². The van der Waals surface area contributed by atoms with E-state index >= 15 is 0 Å². The number of nitrogens with one attached hydrogen (secondary N) is 2. The fourth-order valence-electron chi connectivity index (χ4n) is 3.98. The number of carbonyl (C=O) groups is 1. The summed E-state index contributed by atoms with van der Waals surface area (Å²) in [6.45, 7) is 2.31. The number of fused-ring (bicyclic) bond motifs is 2. The summed E-state index contributed by atoms with van der Waals surface area (Å²) in [5.41, 5.74) is 1.47. The molecule has 5 rings (SSSR count). The van der Waals surface area contributed by atoms with Crippen LogP contribution in [0.3, 0.4) is 0 Å². The van der Waals surface area contributed by atoms with E-state index in [-0.39, 0.29) is 11.5 Å². The summed E-state index contributed by atoms with van der Waals surface area (Å²) < 4.78 is 57.7. The zero-order chi connectivity index (χ0) is 24.7. The van der Waals surface area contributed by atoms with Gasteiger partial charge in [0.2, 0.25) is 5.95 Å². The van der Waals surface area contributed by atoms with Gasteiger partial charge in [-0.25, -0.2) is 4.68 Å². The number of hydrogen-bond donors (Lipinski definition) is 2. The van der Waals surface area contributed by atoms with E-state index in [2.05, 4.69) is 20.7 Å². The average Bonchev–Trinajstić information content (AvgIpc) is 3.27. The maximum Gasteiger partial charge on any atom is 0.453 e. The van der Waals surface area contributed by atoms with Crippen LogP contribution in [0.4, 0.5) is 24.8 Å². The molecule has 0 spiro atoms. The number of allylic oxidation sites excluding steroid dienone is 1. The first-order valence-corrected chi connectivity index (χ1v) is 10.6. The van der Waals surface area contributed by atoms with Crippen LogP contribution in [0.2, 0.25) is 0 Å². The van der Waals surface area contributed by atoms with Crippen LogP contribution >= 0.6 is 0 Å². The van der Waals surface area contributed by atoms with E-state index in [1.165, 1.54) is 7.11 Å². The lowest BCUT2D eigenvalue weighted by Crippen LogP contribution is -2.31. The van der Waals surface area contributed by atoms with Gasteiger partial charge in [-0.15, -0.1) is 5.10 Å². The molecule has 3 aromatic rings. The molecule has 2 aromatic carbocycles. The molecule has 0 fully saturated rings. The molecule has 0 bridgehead atoms. The molecule has 2 aliphatic heterocycles. The van der Waals surface area contributed by atoms with Crippen molar-refractivity contribution in [2.45, 2.75) is 19.1 Å². The first kappa shape index (κ1) is 22.6. The lowest BCUT2D eigenvalue weighted by molar-refractivity contribution is -0.145. The number of halogens is 3. The number of aromatic nitrogens is 3. The highest BCUT2D eigenvalue weighted by atomic mass is 19.4. The third-order valence-corrected chi connectivity index (χ3v) is 5.58. The molecule has 3 heterocycles. The minimum atomic E-state index is -4.76. The SMILES string of the molecule is COc1ccc(NC(=O)C2=C(C)Nc3nc(C(F)(F)F)nn3C2c2ccc3c(c2)OCCO3)cc1. The quantitative estimate of drug-likeness (QED) is 0.574. The molecule has 182 valence electrons. The molecule has 1 atom stereocenters. The molecular formula is C23H20F3N5O4. The van der Waals surface area contributed by atoms with Crippen molar-refractivity contribution >= 4 is 17.5 Å². The summed E-state index contributed by atoms with van der Waals surface area (Å²) in [5.74, 6) is -0.414. The highest BCUT2D eigenvalue weighted by Gasteiger charge is 2.41. The third kappa shape index (κ3) is 4.22. The van der Waals surface area contributed by atoms with Gasteiger partial charge in [0.1, 0.15) is 25.0 Å². The summed E-state index contributed by atoms with van der Waals surface area (Å²) in [7, 11) is 1.53. The van der Waals surface area contributed by atoms with Crippen LogP contribution in [0.25, 0.3) is 0 Å². The third-order valence-electron chi connectivity index (χ3n) is 5.58. The molecule has 2 aliphatic rings. The number of alkyl halides is 3. The molecule has 1 aromatic heterocycles. The van der Waals surface area contributed by atoms with Crippen molar-refractivity contribution < 1.29 is 32.2 Å². The predicted molar refractivity (Wildman–Crippen MR) is 119 cm³/mol. The standard InChI is InChI=1S/C23H20F3N5O4/c1-12-18(20(32)28-14-4-6-15(33-2)7-5-14)19(13-3-8-16-17(11-13)35-10-9-34-16)31-22(27-12)29-21(30-31)23(24,25)26/h3-8,11,19H,9-10H2,1-2H3,(H,28,32)(H,27,29,30). The van der Waals surface area contributed by atoms with Crippen LogP contribution in [0.5, 0.6) is 17.2 Å². The number of benzene rings is 2. The molecule has 1 unspecified atom stereocenters. The molecule has 0 saturated carbocycles. The van der Waals surface area contributed by atoms with Crippen molar-refractivity contribution in [3.05, 3.63) is 65.1 Å². The molecule has 0 saturated heterocycles. The van der Waals surface area contributed by atoms with Gasteiger partial charge in [0.15, 0.2) is 11.5 Å². The lowest BCUT2D eigenvalue weighted by atomic mass is 9.94. The predicted octanol–water partition coefficient (Wildman–Crippen LogP) is 4.00. The van der Waals surface area contributed by atoms with Crippen molar-refractivity contribution in [2.75, 3.05) is 31.0 Å². The highest BCUT2D eigenvalue weighted by Crippen LogP contribution is 2.41. The maximum atomic E-state index is 13.4. The Labute approximate surface area is 197 Å². The number of rotatable bonds is 4. The lowest BCUT2D eigenvalue weighted by Gasteiger charge is -2.29. The Hall–Kier alpha value is -4.22. The zero-order valence-corrected chi connectivity index (χ0v) is 18.6. The number of hydrogen-bond acceptors (Lipinski definition) is 7. The van der Waals surface area contributed by atoms with E-state index in [0.717, 1.165) is 4.68 Å². The first-order valence-electron chi connectivity index (χ1n) is 10.6. The van der Waals surface area contributed by atoms with Crippen molar-refractivity contribution in [1.29, 1.82) is 0 Å². The Morgan fingerprint density at radius 2 is 1.86 bits per heavy atom. The van der Waals surface area contributed by atoms with Crippen molar-refractivity contribution in [3.63, 3.8) is 0 Å². The summed E-state index contributed by atoms with van der Waals surface area (Å²) >= 11 is 0. The van der Waals surface area contributed by atoms with Crippen LogP contribution < -0.4 is 24.8 Å². The molecule has 2 N–H and O–H groups in total. The molecule has 1 amide bonds. The van der Waals surface area contributed by atoms with Crippen molar-refractivity contribution in [3.8, 4) is 17.2 Å². The normalized spacial score (nSPS) is 16.9. The van der Waals surface area contributed by atoms with Crippen LogP contribution in [-0.2, 0) is 11.0 Å². The fourth-order valence-corrected chi connectivity index (χ4v) is 3.98. The van der Waals surface area contributed by atoms with Crippen LogP contribution in [-0.4, -0.2) is 41.0 Å². The largest absolute Gasteiger partial charge is 0.497 e. The number of anilines is 2. The maximum absolute atomic E-state index is 13.4. The second-order valence-corrected chi connectivity index (χ2v) is 7.85. The number of ether oxygens (including phenoxy) is 3. The Balaban J connectivity index is 1.58. The highest BCUT2D eigenvalue weighted by molar-refractivity contribution is 6.06. The molecule has 0 aliphatic carbocycles. The molecule has 9 nitrogen and oxygen atoms in total. The Morgan fingerprint density at radius 1 is 1.14 bits per heavy atom. The molecule has 12 heteroatoms. The number of methoxy groups -OCH3 is 1. The minimum Gasteiger partial charge on any atom is -0.497 e. The van der Waals surface area contributed by atoms with Gasteiger partial charge in [-0.05, 0) is 48.9 Å². The van der Waals surface area contributed by atoms with E-state index in [9.17, 15) is 18.0 Å². The van der Waals surface area contributed by atoms with Gasteiger partial charge in [0.25, 0.3) is 11.7 Å². The smallest absolute Gasteiger partial charge is 0.453 e. The summed E-state index contributed by atoms with van der Waals surface area (Å²) in [6.07, 6.45) is -4.76. The van der Waals surface area contributed by atoms with Crippen molar-refractivity contribution in [2.24, 2.45) is 0 Å². The van der Waals surface area contributed by atoms with Gasteiger partial charge in [-0.1, -0.05) is 6.07 Å². The molecule has 0 radical (unpaired) electrons. The number of nitrogens with zero attached hydrogens (tertiary/aromatic N) is 3. The van der Waals surface area contributed by atoms with Gasteiger partial charge in [-0.3, -0.25) is 4.79 Å². The van der Waals surface area contributed by atoms with E-state index < -0.39 is 23.9 Å². The number of amides is 1. The van der Waals surface area contributed by atoms with Crippen LogP contribution in [0.15, 0.2) is 53.7 Å². The van der Waals surface area contributed by atoms with E-state index in [0.29, 0.717) is 47.4 Å². The van der Waals surface area contributed by atoms with Crippen LogP contribution in [0.1, 0.15) is 24.4 Å². The number of carbonyl (C=O) groups excluding carboxylic acids is 1. The van der Waals surface area contributed by atoms with Crippen molar-refractivity contribution in [1.82, 2.24) is 14.8 Å². The zero-order valence-electron chi connectivity index (χ0n) is 18.6. The Kier molecular flexibility index (Phi) is 5.50. The minimum absolute atomic E-state index is 0.129. The van der Waals surface area contributed by atoms with Gasteiger partial charge >= 0.3 is 6.18 Å². The Bertz CT molecular complexity index is 1320. The second-order valence-electron chi connectivity index (χ2n) is 7.85. The summed E-state index contributed by atoms with van der Waals surface area (Å²) in [6, 6.07) is 10.6. The van der Waals surface area contributed by atoms with Gasteiger partial charge in [0, 0.05) is 11.4 Å². The average molecular weight is 487 g/mol. The van der Waals surface area contributed by atoms with Gasteiger partial charge < -0.3 is 24.8 Å². The van der Waals surface area contributed by atoms with Gasteiger partial charge in [0.05, 0.1) is 12.7 Å². The second kappa shape index (κ2) is 8.53. The molecular weight excluding hydrogens is 467 g/mol. The molecule has 35 heavy (non-hydrogen) atoms. The van der Waals surface area contributed by atoms with Gasteiger partial charge in [-0.2, -0.15) is 18.2 Å². The summed E-state index contributed by atoms with van der Waals surface area (Å²) in [5, 5.41) is 9.28. The monoisotopic (exact) mass is 487 g/mol. The van der Waals surface area contributed by atoms with Crippen LogP contribution in [0, 0.1) is 0 Å². The fraction of sp³-hybridized carbons (Fsp3) is 0.261. The first-order chi connectivity index (χ1) is 16.7.